The molecule has 1 aliphatic rings. The summed E-state index contributed by atoms with van der Waals surface area (Å²) in [6.45, 7) is 11.6. The number of likely N-dealkylation sites (tertiary alicyclic amines) is 1. The smallest absolute Gasteiger partial charge is 0.258 e. The molecule has 5 nitrogen and oxygen atoms in total. The zero-order valence-corrected chi connectivity index (χ0v) is 26.7. The van der Waals surface area contributed by atoms with Crippen LogP contribution >= 0.6 is 0 Å². The van der Waals surface area contributed by atoms with Crippen LogP contribution in [0.1, 0.15) is 96.7 Å². The number of carbonyl (C=O) groups is 2. The number of amides is 2. The highest BCUT2D eigenvalue weighted by Crippen LogP contribution is 2.24. The predicted molar refractivity (Wildman–Crippen MR) is 174 cm³/mol. The molecule has 0 radical (unpaired) electrons. The molecule has 4 rings (SSSR count). The Labute approximate surface area is 261 Å². The third kappa shape index (κ3) is 8.98. The number of piperidine rings is 1. The normalized spacial score (nSPS) is 14.2. The van der Waals surface area contributed by atoms with Gasteiger partial charge in [-0.15, -0.1) is 0 Å². The molecule has 0 aromatic heterocycles. The molecular weight excluding hydrogens is 556 g/mol. The number of hydrogen-bond acceptors (Lipinski definition) is 3. The summed E-state index contributed by atoms with van der Waals surface area (Å²) < 4.78 is 28.3. The lowest BCUT2D eigenvalue weighted by molar-refractivity contribution is 0.0546. The van der Waals surface area contributed by atoms with Crippen LogP contribution in [0.4, 0.5) is 14.5 Å². The number of benzene rings is 3. The Hall–Kier alpha value is -3.58. The van der Waals surface area contributed by atoms with Gasteiger partial charge in [0.1, 0.15) is 0 Å². The Morgan fingerprint density at radius 1 is 0.909 bits per heavy atom. The molecule has 44 heavy (non-hydrogen) atoms. The van der Waals surface area contributed by atoms with E-state index in [1.807, 2.05) is 29.2 Å². The third-order valence-electron chi connectivity index (χ3n) is 8.64. The molecule has 0 unspecified atom stereocenters. The Balaban J connectivity index is 1.47. The first-order chi connectivity index (χ1) is 21.2. The molecule has 0 spiro atoms. The van der Waals surface area contributed by atoms with Gasteiger partial charge < -0.3 is 15.1 Å². The van der Waals surface area contributed by atoms with Crippen LogP contribution in [0.5, 0.6) is 0 Å². The first-order valence-corrected chi connectivity index (χ1v) is 16.1. The molecule has 236 valence electrons. The second-order valence-electron chi connectivity index (χ2n) is 12.6. The van der Waals surface area contributed by atoms with Crippen LogP contribution in [-0.2, 0) is 13.0 Å². The van der Waals surface area contributed by atoms with Gasteiger partial charge in [-0.2, -0.15) is 0 Å². The molecule has 7 heteroatoms. The summed E-state index contributed by atoms with van der Waals surface area (Å²) >= 11 is 0. The topological polar surface area (TPSA) is 52.7 Å². The monoisotopic (exact) mass is 603 g/mol. The number of hydrogen-bond donors (Lipinski definition) is 1. The third-order valence-corrected chi connectivity index (χ3v) is 8.64. The number of anilines is 1. The van der Waals surface area contributed by atoms with Gasteiger partial charge in [-0.1, -0.05) is 63.9 Å². The number of halogens is 2. The lowest BCUT2D eigenvalue weighted by Gasteiger charge is -2.39. The molecule has 0 aliphatic carbocycles. The first kappa shape index (κ1) is 33.3. The molecule has 0 bridgehead atoms. The molecule has 2 amide bonds. The fraction of sp³-hybridized carbons (Fsp3) is 0.459. The van der Waals surface area contributed by atoms with Crippen LogP contribution in [0, 0.1) is 24.5 Å². The van der Waals surface area contributed by atoms with Crippen molar-refractivity contribution >= 4 is 17.5 Å². The summed E-state index contributed by atoms with van der Waals surface area (Å²) in [5, 5.41) is 2.65. The van der Waals surface area contributed by atoms with E-state index in [0.29, 0.717) is 23.7 Å². The minimum absolute atomic E-state index is 0.0278. The molecule has 1 N–H and O–H groups in total. The number of carbonyl (C=O) groups excluding carboxylic acids is 2. The van der Waals surface area contributed by atoms with Crippen molar-refractivity contribution in [3.8, 4) is 0 Å². The van der Waals surface area contributed by atoms with Gasteiger partial charge in [-0.05, 0) is 98.5 Å². The van der Waals surface area contributed by atoms with E-state index in [0.717, 1.165) is 50.9 Å². The molecule has 0 saturated carbocycles. The fourth-order valence-corrected chi connectivity index (χ4v) is 5.73. The van der Waals surface area contributed by atoms with Crippen LogP contribution < -0.4 is 5.32 Å². The average Bonchev–Trinajstić information content (AvgIpc) is 3.02. The van der Waals surface area contributed by atoms with E-state index in [-0.39, 0.29) is 23.1 Å². The van der Waals surface area contributed by atoms with Crippen molar-refractivity contribution < 1.29 is 18.4 Å². The van der Waals surface area contributed by atoms with Crippen molar-refractivity contribution in [1.29, 1.82) is 0 Å². The van der Waals surface area contributed by atoms with Gasteiger partial charge >= 0.3 is 0 Å². The van der Waals surface area contributed by atoms with E-state index < -0.39 is 17.5 Å². The number of nitrogens with one attached hydrogen (secondary N) is 1. The van der Waals surface area contributed by atoms with Gasteiger partial charge in [0.05, 0.1) is 5.56 Å². The lowest BCUT2D eigenvalue weighted by Crippen LogP contribution is -2.47. The summed E-state index contributed by atoms with van der Waals surface area (Å²) in [5.41, 5.74) is 3.15. The second kappa shape index (κ2) is 15.9. The maximum Gasteiger partial charge on any atom is 0.258 e. The average molecular weight is 604 g/mol. The first-order valence-electron chi connectivity index (χ1n) is 16.1. The van der Waals surface area contributed by atoms with Crippen LogP contribution in [0.3, 0.4) is 0 Å². The van der Waals surface area contributed by atoms with E-state index in [1.165, 1.54) is 43.9 Å². The highest BCUT2D eigenvalue weighted by Gasteiger charge is 2.29. The SMILES string of the molecule is CCCCCc1ccc(C(=O)N(Cc2ccc(NC(=O)c3ccc(C)c(F)c3F)cc2)C2CCN(CCC(C)C)CC2)cc1. The molecule has 3 aromatic rings. The molecule has 1 aliphatic heterocycles. The van der Waals surface area contributed by atoms with E-state index in [4.69, 9.17) is 0 Å². The number of unbranched alkanes of at least 4 members (excludes halogenated alkanes) is 2. The summed E-state index contributed by atoms with van der Waals surface area (Å²) in [4.78, 5) is 31.1. The summed E-state index contributed by atoms with van der Waals surface area (Å²) in [5.74, 6) is -2.19. The number of nitrogens with zero attached hydrogens (tertiary/aromatic N) is 2. The summed E-state index contributed by atoms with van der Waals surface area (Å²) in [7, 11) is 0. The number of aryl methyl sites for hydroxylation is 2. The zero-order chi connectivity index (χ0) is 31.6. The Morgan fingerprint density at radius 2 is 1.57 bits per heavy atom. The maximum atomic E-state index is 14.3. The maximum absolute atomic E-state index is 14.3. The number of rotatable bonds is 13. The van der Waals surface area contributed by atoms with Crippen LogP contribution in [0.15, 0.2) is 60.7 Å². The van der Waals surface area contributed by atoms with E-state index >= 15 is 0 Å². The minimum atomic E-state index is -1.16. The molecule has 3 aromatic carbocycles. The van der Waals surface area contributed by atoms with Gasteiger partial charge in [0, 0.05) is 36.9 Å². The van der Waals surface area contributed by atoms with Gasteiger partial charge in [-0.3, -0.25) is 9.59 Å². The van der Waals surface area contributed by atoms with E-state index in [2.05, 4.69) is 43.1 Å². The lowest BCUT2D eigenvalue weighted by atomic mass is 9.99. The summed E-state index contributed by atoms with van der Waals surface area (Å²) in [6.07, 6.45) is 7.58. The van der Waals surface area contributed by atoms with E-state index in [9.17, 15) is 18.4 Å². The fourth-order valence-electron chi connectivity index (χ4n) is 5.73. The second-order valence-corrected chi connectivity index (χ2v) is 12.6. The standard InChI is InChI=1S/C37H47F2N3O2/c1-5-6-7-8-28-10-14-30(15-11-28)37(44)42(32-20-23-41(24-21-32)22-19-26(2)3)25-29-12-16-31(17-13-29)40-36(43)33-18-9-27(4)34(38)35(33)39/h9-18,26,32H,5-8,19-25H2,1-4H3,(H,40,43). The highest BCUT2D eigenvalue weighted by molar-refractivity contribution is 6.04. The van der Waals surface area contributed by atoms with Crippen molar-refractivity contribution in [2.75, 3.05) is 25.0 Å². The zero-order valence-electron chi connectivity index (χ0n) is 26.7. The van der Waals surface area contributed by atoms with Gasteiger partial charge in [0.15, 0.2) is 11.6 Å². The molecule has 1 heterocycles. The Bertz CT molecular complexity index is 1380. The van der Waals surface area contributed by atoms with Crippen LogP contribution in [0.2, 0.25) is 0 Å². The summed E-state index contributed by atoms with van der Waals surface area (Å²) in [6, 6.07) is 18.1. The Morgan fingerprint density at radius 3 is 2.20 bits per heavy atom. The predicted octanol–water partition coefficient (Wildman–Crippen LogP) is 8.41. The quantitative estimate of drug-likeness (QED) is 0.200. The van der Waals surface area contributed by atoms with Crippen molar-refractivity contribution in [2.24, 2.45) is 5.92 Å². The highest BCUT2D eigenvalue weighted by atomic mass is 19.2. The largest absolute Gasteiger partial charge is 0.331 e. The molecule has 0 atom stereocenters. The van der Waals surface area contributed by atoms with Gasteiger partial charge in [-0.25, -0.2) is 8.78 Å². The molecular formula is C37H47F2N3O2. The van der Waals surface area contributed by atoms with Gasteiger partial charge in [0.25, 0.3) is 11.8 Å². The van der Waals surface area contributed by atoms with Crippen molar-refractivity contribution in [3.05, 3.63) is 100 Å². The van der Waals surface area contributed by atoms with Crippen molar-refractivity contribution in [3.63, 3.8) is 0 Å². The van der Waals surface area contributed by atoms with E-state index in [1.54, 1.807) is 12.1 Å². The van der Waals surface area contributed by atoms with Gasteiger partial charge in [0.2, 0.25) is 0 Å². The van der Waals surface area contributed by atoms with Crippen molar-refractivity contribution in [2.45, 2.75) is 85.2 Å². The minimum Gasteiger partial charge on any atom is -0.331 e. The van der Waals surface area contributed by atoms with Crippen LogP contribution in [-0.4, -0.2) is 47.3 Å². The van der Waals surface area contributed by atoms with Crippen molar-refractivity contribution in [1.82, 2.24) is 9.80 Å². The van der Waals surface area contributed by atoms with Crippen LogP contribution in [0.25, 0.3) is 0 Å². The Kier molecular flexibility index (Phi) is 12.1. The molecule has 1 fully saturated rings. The molecule has 1 saturated heterocycles.